The number of para-hydroxylation sites is 6. The van der Waals surface area contributed by atoms with Gasteiger partial charge in [0.2, 0.25) is 0 Å². The van der Waals surface area contributed by atoms with Crippen LogP contribution < -0.4 is 0 Å². The third-order valence-electron chi connectivity index (χ3n) is 10.1. The smallest absolute Gasteiger partial charge is 0.161 e. The van der Waals surface area contributed by atoms with Crippen molar-refractivity contribution < 1.29 is 0 Å². The minimum Gasteiger partial charge on any atom is -0.307 e. The molecule has 7 heteroatoms. The van der Waals surface area contributed by atoms with Gasteiger partial charge in [0.25, 0.3) is 0 Å². The van der Waals surface area contributed by atoms with Crippen molar-refractivity contribution in [3.05, 3.63) is 175 Å². The molecule has 0 aliphatic heterocycles. The molecule has 0 saturated carbocycles. The van der Waals surface area contributed by atoms with E-state index in [1.807, 2.05) is 103 Å². The Bertz CT molecular complexity index is 2890. The first kappa shape index (κ1) is 30.9. The number of fused-ring (bicyclic) bond motifs is 6. The van der Waals surface area contributed by atoms with Gasteiger partial charge in [0.1, 0.15) is 12.1 Å². The lowest BCUT2D eigenvalue weighted by molar-refractivity contribution is 1.13. The van der Waals surface area contributed by atoms with Gasteiger partial charge < -0.3 is 9.13 Å². The van der Waals surface area contributed by atoms with Gasteiger partial charge in [-0.15, -0.1) is 0 Å². The van der Waals surface area contributed by atoms with E-state index in [4.69, 9.17) is 9.97 Å². The molecule has 0 atom stereocenters. The van der Waals surface area contributed by atoms with E-state index in [0.717, 1.165) is 71.7 Å². The van der Waals surface area contributed by atoms with Crippen molar-refractivity contribution in [2.45, 2.75) is 0 Å². The normalized spacial score (nSPS) is 11.3. The Morgan fingerprint density at radius 3 is 1.26 bits per heavy atom. The number of pyridine rings is 1. The summed E-state index contributed by atoms with van der Waals surface area (Å²) in [5, 5.41) is 25.6. The molecule has 0 radical (unpaired) electrons. The highest BCUT2D eigenvalue weighted by Crippen LogP contribution is 2.41. The molecular weight excluding hydrogens is 663 g/mol. The maximum Gasteiger partial charge on any atom is 0.161 e. The summed E-state index contributed by atoms with van der Waals surface area (Å²) >= 11 is 0. The van der Waals surface area contributed by atoms with E-state index in [1.165, 1.54) is 0 Å². The minimum atomic E-state index is 0.474. The fraction of sp³-hybridized carbons (Fsp3) is 0. The van der Waals surface area contributed by atoms with Crippen LogP contribution in [-0.2, 0) is 0 Å². The van der Waals surface area contributed by atoms with Crippen molar-refractivity contribution in [2.75, 3.05) is 0 Å². The monoisotopic (exact) mass is 689 g/mol. The van der Waals surface area contributed by atoms with E-state index in [-0.39, 0.29) is 0 Å². The maximum absolute atomic E-state index is 10.6. The molecule has 0 fully saturated rings. The van der Waals surface area contributed by atoms with Gasteiger partial charge in [0.05, 0.1) is 56.0 Å². The Balaban J connectivity index is 1.31. The zero-order chi connectivity index (χ0) is 36.2. The Kier molecular flexibility index (Phi) is 7.11. The first-order valence-corrected chi connectivity index (χ1v) is 17.6. The summed E-state index contributed by atoms with van der Waals surface area (Å²) in [4.78, 5) is 14.8. The van der Waals surface area contributed by atoms with Crippen molar-refractivity contribution in [3.8, 4) is 57.4 Å². The van der Waals surface area contributed by atoms with Crippen molar-refractivity contribution >= 4 is 43.6 Å². The summed E-state index contributed by atoms with van der Waals surface area (Å²) in [7, 11) is 0. The topological polar surface area (TPSA) is 96.1 Å². The third kappa shape index (κ3) is 4.70. The largest absolute Gasteiger partial charge is 0.307 e. The van der Waals surface area contributed by atoms with Crippen LogP contribution in [0, 0.1) is 22.7 Å². The van der Waals surface area contributed by atoms with Gasteiger partial charge in [0.15, 0.2) is 5.82 Å². The molecule has 7 nitrogen and oxygen atoms in total. The minimum absolute atomic E-state index is 0.474. The number of nitrogens with zero attached hydrogens (tertiary/aromatic N) is 7. The van der Waals surface area contributed by atoms with Crippen molar-refractivity contribution in [3.63, 3.8) is 0 Å². The molecule has 4 aromatic heterocycles. The number of aromatic nitrogens is 5. The van der Waals surface area contributed by atoms with Crippen LogP contribution in [0.15, 0.2) is 164 Å². The lowest BCUT2D eigenvalue weighted by Crippen LogP contribution is -2.05. The highest BCUT2D eigenvalue weighted by atomic mass is 15.0. The van der Waals surface area contributed by atoms with E-state index in [1.54, 1.807) is 12.4 Å². The van der Waals surface area contributed by atoms with Crippen molar-refractivity contribution in [1.29, 1.82) is 10.5 Å². The Morgan fingerprint density at radius 1 is 0.444 bits per heavy atom. The van der Waals surface area contributed by atoms with Crippen LogP contribution in [0.5, 0.6) is 0 Å². The molecule has 0 aliphatic carbocycles. The number of benzene rings is 6. The third-order valence-corrected chi connectivity index (χ3v) is 10.1. The van der Waals surface area contributed by atoms with E-state index in [0.29, 0.717) is 28.3 Å². The van der Waals surface area contributed by atoms with Gasteiger partial charge in [-0.25, -0.2) is 9.97 Å². The second-order valence-corrected chi connectivity index (χ2v) is 13.1. The summed E-state index contributed by atoms with van der Waals surface area (Å²) in [6, 6.07) is 55.3. The summed E-state index contributed by atoms with van der Waals surface area (Å²) in [6.45, 7) is 0. The Morgan fingerprint density at radius 2 is 0.870 bits per heavy atom. The summed E-state index contributed by atoms with van der Waals surface area (Å²) in [6.07, 6.45) is 3.48. The van der Waals surface area contributed by atoms with Crippen molar-refractivity contribution in [2.24, 2.45) is 0 Å². The molecule has 54 heavy (non-hydrogen) atoms. The molecule has 10 aromatic rings. The highest BCUT2D eigenvalue weighted by molar-refractivity contribution is 6.11. The first-order chi connectivity index (χ1) is 26.7. The predicted octanol–water partition coefficient (Wildman–Crippen LogP) is 10.8. The molecule has 0 aliphatic rings. The zero-order valence-corrected chi connectivity index (χ0v) is 28.7. The second-order valence-electron chi connectivity index (χ2n) is 13.1. The fourth-order valence-corrected chi connectivity index (χ4v) is 7.84. The van der Waals surface area contributed by atoms with Crippen molar-refractivity contribution in [1.82, 2.24) is 24.1 Å². The molecule has 0 saturated heterocycles. The molecule has 250 valence electrons. The van der Waals surface area contributed by atoms with E-state index >= 15 is 0 Å². The highest BCUT2D eigenvalue weighted by Gasteiger charge is 2.23. The average molecular weight is 690 g/mol. The summed E-state index contributed by atoms with van der Waals surface area (Å²) < 4.78 is 4.34. The second kappa shape index (κ2) is 12.4. The number of rotatable bonds is 5. The van der Waals surface area contributed by atoms with E-state index < -0.39 is 0 Å². The maximum atomic E-state index is 10.6. The molecule has 6 aromatic carbocycles. The number of nitriles is 2. The van der Waals surface area contributed by atoms with Gasteiger partial charge in [-0.1, -0.05) is 97.1 Å². The number of hydrogen-bond acceptors (Lipinski definition) is 5. The Hall–Kier alpha value is -7.87. The zero-order valence-electron chi connectivity index (χ0n) is 28.7. The van der Waals surface area contributed by atoms with E-state index in [9.17, 15) is 10.5 Å². The predicted molar refractivity (Wildman–Crippen MR) is 214 cm³/mol. The molecule has 0 bridgehead atoms. The van der Waals surface area contributed by atoms with Gasteiger partial charge in [0, 0.05) is 50.6 Å². The van der Waals surface area contributed by atoms with Crippen LogP contribution in [0.2, 0.25) is 0 Å². The lowest BCUT2D eigenvalue weighted by atomic mass is 9.99. The molecular formula is C47H27N7. The average Bonchev–Trinajstić information content (AvgIpc) is 3.76. The fourth-order valence-electron chi connectivity index (χ4n) is 7.84. The van der Waals surface area contributed by atoms with E-state index in [2.05, 4.69) is 74.8 Å². The molecule has 10 rings (SSSR count). The van der Waals surface area contributed by atoms with Crippen LogP contribution in [0.3, 0.4) is 0 Å². The number of hydrogen-bond donors (Lipinski definition) is 0. The lowest BCUT2D eigenvalue weighted by Gasteiger charge is -2.18. The molecule has 4 heterocycles. The summed E-state index contributed by atoms with van der Waals surface area (Å²) in [5.41, 5.74) is 9.96. The molecule has 0 amide bonds. The first-order valence-electron chi connectivity index (χ1n) is 17.6. The molecule has 0 spiro atoms. The van der Waals surface area contributed by atoms with Crippen LogP contribution in [0.25, 0.3) is 88.9 Å². The quantitative estimate of drug-likeness (QED) is 0.179. The SMILES string of the molecule is N#Cc1cccc(-c2cc(-c3cccc(C#N)c3-n3c4ccccc4c4ccccc43)nc(-c3cccnc3)n2)c1-n1c2ccccc2c2ccccc21. The van der Waals surface area contributed by atoms with Gasteiger partial charge >= 0.3 is 0 Å². The van der Waals surface area contributed by atoms with Crippen LogP contribution in [-0.4, -0.2) is 24.1 Å². The van der Waals surface area contributed by atoms with Gasteiger partial charge in [-0.05, 0) is 54.6 Å². The van der Waals surface area contributed by atoms with Crippen LogP contribution in [0.1, 0.15) is 11.1 Å². The van der Waals surface area contributed by atoms with Crippen LogP contribution in [0.4, 0.5) is 0 Å². The van der Waals surface area contributed by atoms with Gasteiger partial charge in [-0.3, -0.25) is 4.98 Å². The molecule has 0 N–H and O–H groups in total. The standard InChI is InChI=1S/C47H27N7/c48-27-30-12-9-19-37(45(30)53-41-21-5-1-15-33(41)34-16-2-6-22-42(34)53)39-26-40(52-47(51-39)32-14-11-25-50-29-32)38-20-10-13-31(28-49)46(38)54-43-23-7-3-17-35(43)36-18-4-8-24-44(36)54/h1-26,29H. The summed E-state index contributed by atoms with van der Waals surface area (Å²) in [5.74, 6) is 0.474. The Labute approximate surface area is 309 Å². The van der Waals surface area contributed by atoms with Crippen LogP contribution >= 0.6 is 0 Å². The van der Waals surface area contributed by atoms with Gasteiger partial charge in [-0.2, -0.15) is 10.5 Å². The molecule has 0 unspecified atom stereocenters.